The second kappa shape index (κ2) is 8.23. The average molecular weight is 394 g/mol. The van der Waals surface area contributed by atoms with Crippen LogP contribution in [0.25, 0.3) is 0 Å². The number of benzene rings is 1. The maximum Gasteiger partial charge on any atom is 0.261 e. The second-order valence-corrected chi connectivity index (χ2v) is 8.42. The third-order valence-corrected chi connectivity index (χ3v) is 5.40. The normalized spacial score (nSPS) is 19.7. The van der Waals surface area contributed by atoms with Crippen LogP contribution in [-0.4, -0.2) is 47.1 Å². The van der Waals surface area contributed by atoms with Gasteiger partial charge in [0, 0.05) is 25.1 Å². The molecule has 29 heavy (non-hydrogen) atoms. The molecule has 1 fully saturated rings. The minimum atomic E-state index is -0.815. The van der Waals surface area contributed by atoms with Crippen LogP contribution in [0.4, 0.5) is 0 Å². The first-order valence-corrected chi connectivity index (χ1v) is 9.90. The molecule has 1 heterocycles. The highest BCUT2D eigenvalue weighted by atomic mass is 16.2. The molecule has 6 heteroatoms. The lowest BCUT2D eigenvalue weighted by atomic mass is 9.70. The molecule has 0 N–H and O–H groups in total. The molecule has 0 saturated heterocycles. The highest BCUT2D eigenvalue weighted by Gasteiger charge is 2.42. The Bertz CT molecular complexity index is 858. The Morgan fingerprint density at radius 3 is 2.17 bits per heavy atom. The summed E-state index contributed by atoms with van der Waals surface area (Å²) >= 11 is 0. The Kier molecular flexibility index (Phi) is 5.91. The largest absolute Gasteiger partial charge is 0.298 e. The third kappa shape index (κ3) is 4.26. The van der Waals surface area contributed by atoms with Gasteiger partial charge in [-0.3, -0.25) is 29.1 Å². The molecule has 0 atom stereocenters. The van der Waals surface area contributed by atoms with Gasteiger partial charge in [-0.15, -0.1) is 6.58 Å². The minimum absolute atomic E-state index is 0.102. The second-order valence-electron chi connectivity index (χ2n) is 8.42. The fourth-order valence-electron chi connectivity index (χ4n) is 4.12. The number of aliphatic imine (C=N–C) groups is 1. The van der Waals surface area contributed by atoms with E-state index in [0.29, 0.717) is 49.1 Å². The summed E-state index contributed by atoms with van der Waals surface area (Å²) in [6.07, 6.45) is 3.13. The molecule has 152 valence electrons. The summed E-state index contributed by atoms with van der Waals surface area (Å²) in [7, 11) is 0. The SMILES string of the molecule is C=CCN=C(CCCN1C(=O)c2ccccc2C1=O)C1C(=O)CC(C)(C)CC1=O. The lowest BCUT2D eigenvalue weighted by molar-refractivity contribution is -0.136. The molecule has 1 saturated carbocycles. The first kappa shape index (κ1) is 20.8. The third-order valence-electron chi connectivity index (χ3n) is 5.40. The molecule has 1 aromatic rings. The molecular weight excluding hydrogens is 368 g/mol. The molecule has 0 radical (unpaired) electrons. The molecule has 3 rings (SSSR count). The van der Waals surface area contributed by atoms with Crippen molar-refractivity contribution in [1.29, 1.82) is 0 Å². The van der Waals surface area contributed by atoms with Crippen LogP contribution >= 0.6 is 0 Å². The van der Waals surface area contributed by atoms with Gasteiger partial charge in [-0.25, -0.2) is 0 Å². The van der Waals surface area contributed by atoms with Crippen molar-refractivity contribution in [3.05, 3.63) is 48.0 Å². The molecule has 2 aliphatic rings. The Morgan fingerprint density at radius 1 is 1.10 bits per heavy atom. The molecule has 0 aromatic heterocycles. The number of nitrogens with zero attached hydrogens (tertiary/aromatic N) is 2. The monoisotopic (exact) mass is 394 g/mol. The zero-order valence-electron chi connectivity index (χ0n) is 16.9. The van der Waals surface area contributed by atoms with Gasteiger partial charge in [-0.05, 0) is 30.4 Å². The van der Waals surface area contributed by atoms with Gasteiger partial charge in [0.25, 0.3) is 11.8 Å². The van der Waals surface area contributed by atoms with Crippen LogP contribution in [0.15, 0.2) is 41.9 Å². The van der Waals surface area contributed by atoms with Crippen molar-refractivity contribution in [2.75, 3.05) is 13.1 Å². The number of ketones is 2. The molecule has 1 aliphatic heterocycles. The van der Waals surface area contributed by atoms with Crippen molar-refractivity contribution in [2.24, 2.45) is 16.3 Å². The Labute approximate surface area is 170 Å². The van der Waals surface area contributed by atoms with Gasteiger partial charge in [0.1, 0.15) is 17.5 Å². The first-order chi connectivity index (χ1) is 13.7. The summed E-state index contributed by atoms with van der Waals surface area (Å²) in [5.41, 5.74) is 1.04. The number of hydrogen-bond donors (Lipinski definition) is 0. The molecule has 0 spiro atoms. The summed E-state index contributed by atoms with van der Waals surface area (Å²) in [6.45, 7) is 8.03. The van der Waals surface area contributed by atoms with E-state index >= 15 is 0 Å². The van der Waals surface area contributed by atoms with Crippen molar-refractivity contribution >= 4 is 29.1 Å². The fourth-order valence-corrected chi connectivity index (χ4v) is 4.12. The van der Waals surface area contributed by atoms with E-state index in [0.717, 1.165) is 0 Å². The Hall–Kier alpha value is -2.89. The zero-order valence-corrected chi connectivity index (χ0v) is 16.9. The van der Waals surface area contributed by atoms with Gasteiger partial charge in [-0.2, -0.15) is 0 Å². The number of Topliss-reactive ketones (excluding diaryl/α,β-unsaturated/α-hetero) is 2. The van der Waals surface area contributed by atoms with E-state index < -0.39 is 5.92 Å². The number of imide groups is 1. The number of carbonyl (C=O) groups excluding carboxylic acids is 4. The van der Waals surface area contributed by atoms with E-state index in [1.807, 2.05) is 13.8 Å². The minimum Gasteiger partial charge on any atom is -0.298 e. The van der Waals surface area contributed by atoms with E-state index in [4.69, 9.17) is 0 Å². The van der Waals surface area contributed by atoms with Gasteiger partial charge in [-0.1, -0.05) is 32.1 Å². The maximum atomic E-state index is 12.7. The number of hydrogen-bond acceptors (Lipinski definition) is 5. The Balaban J connectivity index is 1.69. The molecule has 0 bridgehead atoms. The zero-order chi connectivity index (χ0) is 21.2. The number of fused-ring (bicyclic) bond motifs is 1. The van der Waals surface area contributed by atoms with Gasteiger partial charge < -0.3 is 0 Å². The van der Waals surface area contributed by atoms with Crippen LogP contribution in [-0.2, 0) is 9.59 Å². The molecule has 1 aliphatic carbocycles. The molecular formula is C23H26N2O4. The van der Waals surface area contributed by atoms with Crippen molar-refractivity contribution in [1.82, 2.24) is 4.90 Å². The van der Waals surface area contributed by atoms with Crippen LogP contribution in [0.3, 0.4) is 0 Å². The highest BCUT2D eigenvalue weighted by Crippen LogP contribution is 2.35. The van der Waals surface area contributed by atoms with Crippen LogP contribution in [0, 0.1) is 11.3 Å². The average Bonchev–Trinajstić information content (AvgIpc) is 2.89. The van der Waals surface area contributed by atoms with Gasteiger partial charge >= 0.3 is 0 Å². The summed E-state index contributed by atoms with van der Waals surface area (Å²) < 4.78 is 0. The number of amides is 2. The van der Waals surface area contributed by atoms with Gasteiger partial charge in [0.2, 0.25) is 0 Å². The van der Waals surface area contributed by atoms with Crippen molar-refractivity contribution in [3.8, 4) is 0 Å². The Morgan fingerprint density at radius 2 is 1.66 bits per heavy atom. The molecule has 1 aromatic carbocycles. The van der Waals surface area contributed by atoms with Crippen LogP contribution in [0.5, 0.6) is 0 Å². The van der Waals surface area contributed by atoms with E-state index in [-0.39, 0.29) is 35.3 Å². The van der Waals surface area contributed by atoms with E-state index in [1.54, 1.807) is 30.3 Å². The predicted molar refractivity (Wildman–Crippen MR) is 110 cm³/mol. The van der Waals surface area contributed by atoms with E-state index in [9.17, 15) is 19.2 Å². The van der Waals surface area contributed by atoms with Gasteiger partial charge in [0.05, 0.1) is 17.7 Å². The lowest BCUT2D eigenvalue weighted by Gasteiger charge is -2.32. The van der Waals surface area contributed by atoms with Crippen molar-refractivity contribution in [3.63, 3.8) is 0 Å². The molecule has 6 nitrogen and oxygen atoms in total. The van der Waals surface area contributed by atoms with E-state index in [1.165, 1.54) is 4.90 Å². The highest BCUT2D eigenvalue weighted by molar-refractivity contribution is 6.23. The summed E-state index contributed by atoms with van der Waals surface area (Å²) in [5.74, 6) is -1.63. The molecule has 2 amide bonds. The first-order valence-electron chi connectivity index (χ1n) is 9.90. The smallest absolute Gasteiger partial charge is 0.261 e. The maximum absolute atomic E-state index is 12.7. The predicted octanol–water partition coefficient (Wildman–Crippen LogP) is 3.26. The lowest BCUT2D eigenvalue weighted by Crippen LogP contribution is -2.42. The summed E-state index contributed by atoms with van der Waals surface area (Å²) in [4.78, 5) is 55.9. The standard InChI is InChI=1S/C23H26N2O4/c1-4-11-24-17(20-18(26)13-23(2,3)14-19(20)27)10-7-12-25-21(28)15-8-5-6-9-16(15)22(25)29/h4-6,8-9,20H,1,7,10-14H2,2-3H3. The van der Waals surface area contributed by atoms with Crippen LogP contribution < -0.4 is 0 Å². The quantitative estimate of drug-likeness (QED) is 0.307. The van der Waals surface area contributed by atoms with Crippen molar-refractivity contribution < 1.29 is 19.2 Å². The fraction of sp³-hybridized carbons (Fsp3) is 0.435. The van der Waals surface area contributed by atoms with Crippen LogP contribution in [0.1, 0.15) is 60.2 Å². The number of rotatable bonds is 7. The van der Waals surface area contributed by atoms with E-state index in [2.05, 4.69) is 11.6 Å². The molecule has 0 unspecified atom stereocenters. The summed E-state index contributed by atoms with van der Waals surface area (Å²) in [6, 6.07) is 6.76. The number of carbonyl (C=O) groups is 4. The topological polar surface area (TPSA) is 83.9 Å². The van der Waals surface area contributed by atoms with Crippen LogP contribution in [0.2, 0.25) is 0 Å². The van der Waals surface area contributed by atoms with Crippen molar-refractivity contribution in [2.45, 2.75) is 39.5 Å². The summed E-state index contributed by atoms with van der Waals surface area (Å²) in [5, 5.41) is 0. The van der Waals surface area contributed by atoms with Gasteiger partial charge in [0.15, 0.2) is 0 Å².